The highest BCUT2D eigenvalue weighted by Gasteiger charge is 2.43. The second kappa shape index (κ2) is 8.30. The number of nitrogens with one attached hydrogen (secondary N) is 2. The average molecular weight is 422 g/mol. The van der Waals surface area contributed by atoms with Gasteiger partial charge in [0.25, 0.3) is 0 Å². The molecule has 1 heterocycles. The minimum atomic E-state index is -4.46. The largest absolute Gasteiger partial charge is 0.496 e. The van der Waals surface area contributed by atoms with Crippen LogP contribution in [0, 0.1) is 12.7 Å². The first-order chi connectivity index (χ1) is 14.0. The number of aryl methyl sites for hydroxylation is 1. The van der Waals surface area contributed by atoms with Crippen molar-refractivity contribution < 1.29 is 22.3 Å². The number of methoxy groups -OCH3 is 1. The van der Waals surface area contributed by atoms with Gasteiger partial charge >= 0.3 is 6.18 Å². The van der Waals surface area contributed by atoms with Gasteiger partial charge in [0.15, 0.2) is 0 Å². The summed E-state index contributed by atoms with van der Waals surface area (Å²) in [5.41, 5.74) is 1.95. The molecule has 0 fully saturated rings. The Kier molecular flexibility index (Phi) is 6.13. The number of aromatic amines is 1. The standard InChI is InChI=1S/C23H26F4N2O/c1-14-16-7-5-6-8-18(16)29-19(14)13-28-21(23(25,26)27)12-22(2,3)17-11-15(24)9-10-20(17)30-4/h5-11,21,28-29H,12-13H2,1-4H3. The van der Waals surface area contributed by atoms with Gasteiger partial charge in [0.1, 0.15) is 17.6 Å². The summed E-state index contributed by atoms with van der Waals surface area (Å²) in [5, 5.41) is 3.65. The van der Waals surface area contributed by atoms with Gasteiger partial charge in [0.05, 0.1) is 7.11 Å². The molecule has 3 nitrogen and oxygen atoms in total. The smallest absolute Gasteiger partial charge is 0.403 e. The molecule has 1 atom stereocenters. The molecular formula is C23H26F4N2O. The molecule has 0 aliphatic heterocycles. The van der Waals surface area contributed by atoms with Crippen molar-refractivity contribution in [2.45, 2.75) is 51.4 Å². The Bertz CT molecular complexity index is 1020. The van der Waals surface area contributed by atoms with Gasteiger partial charge in [0, 0.05) is 28.7 Å². The molecule has 7 heteroatoms. The molecule has 0 aliphatic carbocycles. The number of hydrogen-bond acceptors (Lipinski definition) is 2. The molecule has 3 rings (SSSR count). The van der Waals surface area contributed by atoms with Crippen LogP contribution in [-0.4, -0.2) is 24.3 Å². The first-order valence-corrected chi connectivity index (χ1v) is 9.73. The number of alkyl halides is 3. The monoisotopic (exact) mass is 422 g/mol. The maximum absolute atomic E-state index is 13.9. The van der Waals surface area contributed by atoms with Crippen LogP contribution in [0.25, 0.3) is 10.9 Å². The van der Waals surface area contributed by atoms with Crippen molar-refractivity contribution in [2.24, 2.45) is 0 Å². The van der Waals surface area contributed by atoms with E-state index >= 15 is 0 Å². The molecule has 3 aromatic rings. The molecule has 2 N–H and O–H groups in total. The number of H-pyrrole nitrogens is 1. The second-order valence-electron chi connectivity index (χ2n) is 8.18. The van der Waals surface area contributed by atoms with Crippen LogP contribution < -0.4 is 10.1 Å². The van der Waals surface area contributed by atoms with Crippen molar-refractivity contribution in [1.29, 1.82) is 0 Å². The van der Waals surface area contributed by atoms with E-state index in [1.807, 2.05) is 31.2 Å². The molecule has 0 radical (unpaired) electrons. The number of aromatic nitrogens is 1. The average Bonchev–Trinajstić information content (AvgIpc) is 3.00. The second-order valence-corrected chi connectivity index (χ2v) is 8.18. The first kappa shape index (κ1) is 22.2. The van der Waals surface area contributed by atoms with Gasteiger partial charge in [-0.05, 0) is 48.6 Å². The molecule has 1 unspecified atom stereocenters. The van der Waals surface area contributed by atoms with Crippen molar-refractivity contribution in [2.75, 3.05) is 7.11 Å². The van der Waals surface area contributed by atoms with E-state index in [9.17, 15) is 17.6 Å². The van der Waals surface area contributed by atoms with Gasteiger partial charge < -0.3 is 15.0 Å². The summed E-state index contributed by atoms with van der Waals surface area (Å²) in [6.07, 6.45) is -4.73. The van der Waals surface area contributed by atoms with Gasteiger partial charge in [-0.25, -0.2) is 4.39 Å². The van der Waals surface area contributed by atoms with Gasteiger partial charge in [-0.1, -0.05) is 32.0 Å². The van der Waals surface area contributed by atoms with E-state index in [1.54, 1.807) is 13.8 Å². The zero-order valence-corrected chi connectivity index (χ0v) is 17.5. The number of fused-ring (bicyclic) bond motifs is 1. The van der Waals surface area contributed by atoms with E-state index in [0.29, 0.717) is 17.0 Å². The number of halogens is 4. The quantitative estimate of drug-likeness (QED) is 0.458. The Morgan fingerprint density at radius 2 is 1.80 bits per heavy atom. The molecule has 0 saturated carbocycles. The summed E-state index contributed by atoms with van der Waals surface area (Å²) in [6.45, 7) is 5.26. The molecule has 2 aromatic carbocycles. The molecule has 162 valence electrons. The van der Waals surface area contributed by atoms with Gasteiger partial charge in [0.2, 0.25) is 0 Å². The lowest BCUT2D eigenvalue weighted by atomic mass is 9.78. The zero-order valence-electron chi connectivity index (χ0n) is 17.5. The van der Waals surface area contributed by atoms with Crippen molar-refractivity contribution in [3.05, 3.63) is 65.1 Å². The van der Waals surface area contributed by atoms with E-state index in [1.165, 1.54) is 25.3 Å². The van der Waals surface area contributed by atoms with Crippen LogP contribution in [0.3, 0.4) is 0 Å². The number of ether oxygens (including phenoxy) is 1. The van der Waals surface area contributed by atoms with Crippen LogP contribution in [0.1, 0.15) is 37.1 Å². The molecular weight excluding hydrogens is 396 g/mol. The van der Waals surface area contributed by atoms with Crippen LogP contribution in [0.2, 0.25) is 0 Å². The summed E-state index contributed by atoms with van der Waals surface area (Å²) in [7, 11) is 1.42. The van der Waals surface area contributed by atoms with Crippen LogP contribution in [-0.2, 0) is 12.0 Å². The lowest BCUT2D eigenvalue weighted by molar-refractivity contribution is -0.160. The topological polar surface area (TPSA) is 37.0 Å². The fourth-order valence-electron chi connectivity index (χ4n) is 3.87. The van der Waals surface area contributed by atoms with Crippen LogP contribution in [0.15, 0.2) is 42.5 Å². The van der Waals surface area contributed by atoms with E-state index in [4.69, 9.17) is 4.74 Å². The van der Waals surface area contributed by atoms with E-state index < -0.39 is 23.5 Å². The fraction of sp³-hybridized carbons (Fsp3) is 0.391. The summed E-state index contributed by atoms with van der Waals surface area (Å²) in [5.74, 6) is -0.141. The highest BCUT2D eigenvalue weighted by atomic mass is 19.4. The fourth-order valence-corrected chi connectivity index (χ4v) is 3.87. The predicted octanol–water partition coefficient (Wildman–Crippen LogP) is 6.01. The molecule has 0 spiro atoms. The lowest BCUT2D eigenvalue weighted by Gasteiger charge is -2.33. The highest BCUT2D eigenvalue weighted by Crippen LogP contribution is 2.38. The molecule has 0 amide bonds. The Morgan fingerprint density at radius 1 is 1.10 bits per heavy atom. The van der Waals surface area contributed by atoms with Crippen LogP contribution in [0.4, 0.5) is 17.6 Å². The normalized spacial score (nSPS) is 13.6. The zero-order chi connectivity index (χ0) is 22.1. The highest BCUT2D eigenvalue weighted by molar-refractivity contribution is 5.84. The van der Waals surface area contributed by atoms with Crippen molar-refractivity contribution in [3.63, 3.8) is 0 Å². The Labute approximate surface area is 173 Å². The lowest BCUT2D eigenvalue weighted by Crippen LogP contribution is -2.45. The molecule has 0 bridgehead atoms. The van der Waals surface area contributed by atoms with Gasteiger partial charge in [-0.15, -0.1) is 0 Å². The number of rotatable bonds is 7. The number of hydrogen-bond donors (Lipinski definition) is 2. The molecule has 1 aromatic heterocycles. The Balaban J connectivity index is 1.84. The summed E-state index contributed by atoms with van der Waals surface area (Å²) >= 11 is 0. The third kappa shape index (κ3) is 4.61. The third-order valence-corrected chi connectivity index (χ3v) is 5.59. The van der Waals surface area contributed by atoms with E-state index in [2.05, 4.69) is 10.3 Å². The number of para-hydroxylation sites is 1. The minimum Gasteiger partial charge on any atom is -0.496 e. The molecule has 30 heavy (non-hydrogen) atoms. The van der Waals surface area contributed by atoms with Crippen LogP contribution in [0.5, 0.6) is 5.75 Å². The summed E-state index contributed by atoms with van der Waals surface area (Å²) in [6, 6.07) is 9.75. The summed E-state index contributed by atoms with van der Waals surface area (Å²) in [4.78, 5) is 3.19. The van der Waals surface area contributed by atoms with Gasteiger partial charge in [-0.3, -0.25) is 0 Å². The molecule has 0 saturated heterocycles. The van der Waals surface area contributed by atoms with E-state index in [-0.39, 0.29) is 13.0 Å². The maximum Gasteiger partial charge on any atom is 0.403 e. The minimum absolute atomic E-state index is 0.0427. The maximum atomic E-state index is 13.9. The predicted molar refractivity (Wildman–Crippen MR) is 110 cm³/mol. The van der Waals surface area contributed by atoms with Gasteiger partial charge in [-0.2, -0.15) is 13.2 Å². The third-order valence-electron chi connectivity index (χ3n) is 5.59. The van der Waals surface area contributed by atoms with Crippen molar-refractivity contribution in [3.8, 4) is 5.75 Å². The van der Waals surface area contributed by atoms with Crippen molar-refractivity contribution >= 4 is 10.9 Å². The SMILES string of the molecule is COc1ccc(F)cc1C(C)(C)CC(NCc1[nH]c2ccccc2c1C)C(F)(F)F. The van der Waals surface area contributed by atoms with Crippen molar-refractivity contribution in [1.82, 2.24) is 10.3 Å². The van der Waals surface area contributed by atoms with Crippen LogP contribution >= 0.6 is 0 Å². The first-order valence-electron chi connectivity index (χ1n) is 9.73. The van der Waals surface area contributed by atoms with E-state index in [0.717, 1.165) is 16.5 Å². The Hall–Kier alpha value is -2.54. The Morgan fingerprint density at radius 3 is 2.43 bits per heavy atom. The summed E-state index contributed by atoms with van der Waals surface area (Å²) < 4.78 is 60.6. The molecule has 0 aliphatic rings. The number of benzene rings is 2.